The maximum absolute atomic E-state index is 9.63. The monoisotopic (exact) mass is 387 g/mol. The molecule has 0 N–H and O–H groups in total. The van der Waals surface area contributed by atoms with Gasteiger partial charge in [-0.25, -0.2) is 0 Å². The summed E-state index contributed by atoms with van der Waals surface area (Å²) in [7, 11) is 0. The van der Waals surface area contributed by atoms with E-state index in [2.05, 4.69) is 32.8 Å². The average molecular weight is 387 g/mol. The standard InChI is InChI=1S/C22H25N7/c1-17-14-19(16-23)22(25-27-29-12-4-5-13-29)21(15-17)18-6-8-20(9-7-18)24-26-28-10-2-3-11-28/h6-9,14-15H,2-5,10-13H2,1H3. The normalized spacial score (nSPS) is 17.0. The highest BCUT2D eigenvalue weighted by Gasteiger charge is 2.14. The van der Waals surface area contributed by atoms with E-state index in [1.165, 1.54) is 12.8 Å². The minimum atomic E-state index is 0.542. The van der Waals surface area contributed by atoms with E-state index in [1.54, 1.807) is 0 Å². The van der Waals surface area contributed by atoms with E-state index in [9.17, 15) is 5.26 Å². The lowest BCUT2D eigenvalue weighted by atomic mass is 9.98. The smallest absolute Gasteiger partial charge is 0.113 e. The van der Waals surface area contributed by atoms with E-state index in [0.29, 0.717) is 11.3 Å². The predicted octanol–water partition coefficient (Wildman–Crippen LogP) is 5.72. The molecule has 7 nitrogen and oxygen atoms in total. The molecule has 0 radical (unpaired) electrons. The number of hydrogen-bond donors (Lipinski definition) is 0. The average Bonchev–Trinajstić information content (AvgIpc) is 3.45. The number of hydrogen-bond acceptors (Lipinski definition) is 5. The second kappa shape index (κ2) is 8.82. The molecule has 148 valence electrons. The minimum Gasteiger partial charge on any atom is -0.278 e. The first kappa shape index (κ1) is 19.1. The van der Waals surface area contributed by atoms with Crippen molar-refractivity contribution in [2.24, 2.45) is 20.7 Å². The molecule has 0 bridgehead atoms. The summed E-state index contributed by atoms with van der Waals surface area (Å²) in [6, 6.07) is 14.1. The lowest BCUT2D eigenvalue weighted by Gasteiger charge is -2.12. The van der Waals surface area contributed by atoms with Crippen LogP contribution in [0.4, 0.5) is 11.4 Å². The Hall–Kier alpha value is -3.27. The summed E-state index contributed by atoms with van der Waals surface area (Å²) in [4.78, 5) is 0. The van der Waals surface area contributed by atoms with Gasteiger partial charge < -0.3 is 0 Å². The first-order chi connectivity index (χ1) is 14.2. The van der Waals surface area contributed by atoms with E-state index >= 15 is 0 Å². The summed E-state index contributed by atoms with van der Waals surface area (Å²) in [5.41, 5.74) is 4.90. The fourth-order valence-corrected chi connectivity index (χ4v) is 3.70. The van der Waals surface area contributed by atoms with Gasteiger partial charge in [0.25, 0.3) is 0 Å². The van der Waals surface area contributed by atoms with Gasteiger partial charge in [0, 0.05) is 31.7 Å². The first-order valence-corrected chi connectivity index (χ1v) is 10.2. The van der Waals surface area contributed by atoms with Crippen LogP contribution in [0.15, 0.2) is 57.1 Å². The van der Waals surface area contributed by atoms with Crippen LogP contribution in [0.3, 0.4) is 0 Å². The molecular weight excluding hydrogens is 362 g/mol. The van der Waals surface area contributed by atoms with Crippen LogP contribution in [-0.2, 0) is 0 Å². The molecule has 7 heteroatoms. The summed E-state index contributed by atoms with van der Waals surface area (Å²) in [5.74, 6) is 0. The predicted molar refractivity (Wildman–Crippen MR) is 112 cm³/mol. The molecule has 0 aromatic heterocycles. The Bertz CT molecular complexity index is 944. The van der Waals surface area contributed by atoms with Crippen LogP contribution < -0.4 is 0 Å². The fourth-order valence-electron chi connectivity index (χ4n) is 3.70. The SMILES string of the molecule is Cc1cc(C#N)c(N=NN2CCCC2)c(-c2ccc(N=NN3CCCC3)cc2)c1. The molecule has 2 fully saturated rings. The third-order valence-corrected chi connectivity index (χ3v) is 5.28. The highest BCUT2D eigenvalue weighted by Crippen LogP contribution is 2.36. The number of aryl methyl sites for hydroxylation is 1. The Morgan fingerprint density at radius 3 is 2.00 bits per heavy atom. The Labute approximate surface area is 171 Å². The van der Waals surface area contributed by atoms with Gasteiger partial charge in [0.15, 0.2) is 0 Å². The molecule has 2 saturated heterocycles. The third kappa shape index (κ3) is 4.60. The van der Waals surface area contributed by atoms with E-state index in [-0.39, 0.29) is 0 Å². The van der Waals surface area contributed by atoms with Crippen LogP contribution in [0.25, 0.3) is 11.1 Å². The van der Waals surface area contributed by atoms with Gasteiger partial charge in [-0.15, -0.1) is 10.2 Å². The number of rotatable bonds is 5. The zero-order chi connectivity index (χ0) is 20.1. The summed E-state index contributed by atoms with van der Waals surface area (Å²) in [6.45, 7) is 5.79. The van der Waals surface area contributed by atoms with Crippen molar-refractivity contribution in [1.29, 1.82) is 5.26 Å². The molecule has 2 aliphatic rings. The van der Waals surface area contributed by atoms with Gasteiger partial charge in [-0.2, -0.15) is 5.26 Å². The van der Waals surface area contributed by atoms with E-state index < -0.39 is 0 Å². The van der Waals surface area contributed by atoms with E-state index in [1.807, 2.05) is 47.3 Å². The van der Waals surface area contributed by atoms with E-state index in [0.717, 1.165) is 61.4 Å². The van der Waals surface area contributed by atoms with Crippen LogP contribution in [0.1, 0.15) is 36.8 Å². The molecule has 29 heavy (non-hydrogen) atoms. The maximum Gasteiger partial charge on any atom is 0.113 e. The Morgan fingerprint density at radius 1 is 0.828 bits per heavy atom. The fraction of sp³-hybridized carbons (Fsp3) is 0.409. The van der Waals surface area contributed by atoms with E-state index in [4.69, 9.17) is 0 Å². The Morgan fingerprint density at radius 2 is 1.41 bits per heavy atom. The van der Waals surface area contributed by atoms with Gasteiger partial charge in [-0.05, 0) is 68.0 Å². The van der Waals surface area contributed by atoms with Gasteiger partial charge in [0.1, 0.15) is 11.8 Å². The second-order valence-electron chi connectivity index (χ2n) is 7.57. The molecular formula is C22H25N7. The largest absolute Gasteiger partial charge is 0.278 e. The topological polar surface area (TPSA) is 79.7 Å². The quantitative estimate of drug-likeness (QED) is 0.615. The van der Waals surface area contributed by atoms with Crippen molar-refractivity contribution in [3.05, 3.63) is 47.5 Å². The molecule has 0 unspecified atom stereocenters. The molecule has 0 amide bonds. The Balaban J connectivity index is 1.62. The third-order valence-electron chi connectivity index (χ3n) is 5.28. The molecule has 4 rings (SSSR count). The van der Waals surface area contributed by atoms with Crippen molar-refractivity contribution >= 4 is 11.4 Å². The van der Waals surface area contributed by atoms with Gasteiger partial charge in [-0.3, -0.25) is 10.0 Å². The van der Waals surface area contributed by atoms with Gasteiger partial charge in [-0.1, -0.05) is 22.6 Å². The van der Waals surface area contributed by atoms with Gasteiger partial charge in [0.2, 0.25) is 0 Å². The lowest BCUT2D eigenvalue weighted by Crippen LogP contribution is -2.09. The second-order valence-corrected chi connectivity index (χ2v) is 7.57. The molecule has 0 saturated carbocycles. The van der Waals surface area contributed by atoms with Crippen LogP contribution in [0.2, 0.25) is 0 Å². The van der Waals surface area contributed by atoms with Crippen molar-refractivity contribution < 1.29 is 0 Å². The highest BCUT2D eigenvalue weighted by molar-refractivity contribution is 5.81. The summed E-state index contributed by atoms with van der Waals surface area (Å²) < 4.78 is 0. The van der Waals surface area contributed by atoms with Crippen molar-refractivity contribution in [2.75, 3.05) is 26.2 Å². The molecule has 0 aliphatic carbocycles. The van der Waals surface area contributed by atoms with Crippen LogP contribution in [0.5, 0.6) is 0 Å². The van der Waals surface area contributed by atoms with Crippen LogP contribution in [-0.4, -0.2) is 36.2 Å². The van der Waals surface area contributed by atoms with Crippen LogP contribution in [0, 0.1) is 18.3 Å². The lowest BCUT2D eigenvalue weighted by molar-refractivity contribution is 0.336. The van der Waals surface area contributed by atoms with Crippen molar-refractivity contribution in [3.63, 3.8) is 0 Å². The summed E-state index contributed by atoms with van der Waals surface area (Å²) >= 11 is 0. The summed E-state index contributed by atoms with van der Waals surface area (Å²) in [5, 5.41) is 31.1. The number of nitriles is 1. The first-order valence-electron chi connectivity index (χ1n) is 10.2. The Kier molecular flexibility index (Phi) is 5.80. The number of nitrogens with zero attached hydrogens (tertiary/aromatic N) is 7. The zero-order valence-corrected chi connectivity index (χ0v) is 16.8. The van der Waals surface area contributed by atoms with Gasteiger partial charge >= 0.3 is 0 Å². The number of benzene rings is 2. The highest BCUT2D eigenvalue weighted by atomic mass is 15.5. The summed E-state index contributed by atoms with van der Waals surface area (Å²) in [6.07, 6.45) is 4.64. The van der Waals surface area contributed by atoms with Crippen molar-refractivity contribution in [3.8, 4) is 17.2 Å². The van der Waals surface area contributed by atoms with Crippen LogP contribution >= 0.6 is 0 Å². The van der Waals surface area contributed by atoms with Crippen molar-refractivity contribution in [1.82, 2.24) is 10.0 Å². The molecule has 2 aromatic rings. The molecule has 0 atom stereocenters. The zero-order valence-electron chi connectivity index (χ0n) is 16.8. The molecule has 0 spiro atoms. The minimum absolute atomic E-state index is 0.542. The van der Waals surface area contributed by atoms with Gasteiger partial charge in [0.05, 0.1) is 11.3 Å². The molecule has 2 aliphatic heterocycles. The molecule has 2 heterocycles. The van der Waals surface area contributed by atoms with Crippen molar-refractivity contribution in [2.45, 2.75) is 32.6 Å². The molecule has 2 aromatic carbocycles. The maximum atomic E-state index is 9.63.